The Bertz CT molecular complexity index is 780. The molecule has 5 heteroatoms. The summed E-state index contributed by atoms with van der Waals surface area (Å²) < 4.78 is 0. The molecule has 1 atom stereocenters. The molecule has 25 heavy (non-hydrogen) atoms. The van der Waals surface area contributed by atoms with Gasteiger partial charge in [-0.15, -0.1) is 0 Å². The number of carbonyl (C=O) groups is 3. The zero-order valence-corrected chi connectivity index (χ0v) is 14.2. The van der Waals surface area contributed by atoms with Crippen LogP contribution in [0.25, 0.3) is 0 Å². The average Bonchev–Trinajstić information content (AvgIpc) is 2.85. The normalized spacial score (nSPS) is 14.6. The summed E-state index contributed by atoms with van der Waals surface area (Å²) in [6, 6.07) is 14.9. The van der Waals surface area contributed by atoms with E-state index in [1.54, 1.807) is 36.4 Å². The number of nitrogens with one attached hydrogen (secondary N) is 1. The van der Waals surface area contributed by atoms with Gasteiger partial charge in [0.25, 0.3) is 11.8 Å². The number of hydrogen-bond donors (Lipinski definition) is 1. The number of fused-ring (bicyclic) bond motifs is 1. The van der Waals surface area contributed by atoms with E-state index < -0.39 is 17.9 Å². The van der Waals surface area contributed by atoms with Crippen LogP contribution < -0.4 is 5.32 Å². The third kappa shape index (κ3) is 3.31. The molecule has 1 aliphatic rings. The minimum atomic E-state index is -0.840. The van der Waals surface area contributed by atoms with Gasteiger partial charge in [-0.1, -0.05) is 44.2 Å². The Labute approximate surface area is 146 Å². The second kappa shape index (κ2) is 6.89. The number of benzene rings is 2. The lowest BCUT2D eigenvalue weighted by Crippen LogP contribution is -2.47. The number of para-hydroxylation sites is 1. The van der Waals surface area contributed by atoms with Crippen molar-refractivity contribution in [3.8, 4) is 0 Å². The van der Waals surface area contributed by atoms with Crippen LogP contribution in [-0.2, 0) is 4.79 Å². The highest BCUT2D eigenvalue weighted by atomic mass is 16.2. The van der Waals surface area contributed by atoms with Gasteiger partial charge in [-0.2, -0.15) is 0 Å². The van der Waals surface area contributed by atoms with Crippen molar-refractivity contribution in [1.82, 2.24) is 4.90 Å². The first-order valence-electron chi connectivity index (χ1n) is 8.32. The van der Waals surface area contributed by atoms with Crippen molar-refractivity contribution in [2.24, 2.45) is 5.92 Å². The molecule has 3 rings (SSSR count). The summed E-state index contributed by atoms with van der Waals surface area (Å²) in [6.07, 6.45) is 0.407. The quantitative estimate of drug-likeness (QED) is 0.852. The van der Waals surface area contributed by atoms with Gasteiger partial charge in [0, 0.05) is 5.69 Å². The van der Waals surface area contributed by atoms with Crippen LogP contribution in [0.5, 0.6) is 0 Å². The lowest BCUT2D eigenvalue weighted by molar-refractivity contribution is -0.120. The summed E-state index contributed by atoms with van der Waals surface area (Å²) in [4.78, 5) is 39.3. The van der Waals surface area contributed by atoms with Gasteiger partial charge in [0.15, 0.2) is 0 Å². The summed E-state index contributed by atoms with van der Waals surface area (Å²) in [6.45, 7) is 3.92. The molecular formula is C20H20N2O3. The van der Waals surface area contributed by atoms with Gasteiger partial charge in [-0.3, -0.25) is 19.3 Å². The first-order chi connectivity index (χ1) is 12.0. The third-order valence-corrected chi connectivity index (χ3v) is 4.18. The maximum Gasteiger partial charge on any atom is 0.262 e. The second-order valence-corrected chi connectivity index (χ2v) is 6.53. The molecule has 128 valence electrons. The maximum atomic E-state index is 12.8. The van der Waals surface area contributed by atoms with Gasteiger partial charge in [0.05, 0.1) is 11.1 Å². The molecule has 5 nitrogen and oxygen atoms in total. The second-order valence-electron chi connectivity index (χ2n) is 6.53. The Morgan fingerprint density at radius 2 is 1.44 bits per heavy atom. The molecule has 0 fully saturated rings. The number of anilines is 1. The zero-order chi connectivity index (χ0) is 18.0. The molecule has 0 spiro atoms. The summed E-state index contributed by atoms with van der Waals surface area (Å²) in [7, 11) is 0. The molecule has 0 bridgehead atoms. The molecule has 1 N–H and O–H groups in total. The highest BCUT2D eigenvalue weighted by Crippen LogP contribution is 2.27. The van der Waals surface area contributed by atoms with Crippen molar-refractivity contribution in [3.05, 3.63) is 65.7 Å². The van der Waals surface area contributed by atoms with Crippen LogP contribution in [0, 0.1) is 5.92 Å². The lowest BCUT2D eigenvalue weighted by atomic mass is 10.0. The monoisotopic (exact) mass is 336 g/mol. The molecule has 0 aliphatic carbocycles. The van der Waals surface area contributed by atoms with Crippen molar-refractivity contribution >= 4 is 23.4 Å². The van der Waals surface area contributed by atoms with E-state index in [0.29, 0.717) is 23.2 Å². The molecule has 0 saturated heterocycles. The van der Waals surface area contributed by atoms with Gasteiger partial charge in [-0.05, 0) is 36.6 Å². The summed E-state index contributed by atoms with van der Waals surface area (Å²) in [5.74, 6) is -1.02. The number of imide groups is 1. The van der Waals surface area contributed by atoms with Crippen LogP contribution in [0.2, 0.25) is 0 Å². The predicted molar refractivity (Wildman–Crippen MR) is 95.3 cm³/mol. The Balaban J connectivity index is 1.90. The smallest absolute Gasteiger partial charge is 0.262 e. The zero-order valence-electron chi connectivity index (χ0n) is 14.2. The number of rotatable bonds is 5. The molecule has 2 aromatic rings. The largest absolute Gasteiger partial charge is 0.324 e. The molecule has 0 aromatic heterocycles. The molecule has 0 radical (unpaired) electrons. The number of carbonyl (C=O) groups excluding carboxylic acids is 3. The average molecular weight is 336 g/mol. The first kappa shape index (κ1) is 16.9. The van der Waals surface area contributed by atoms with Gasteiger partial charge < -0.3 is 5.32 Å². The molecule has 1 unspecified atom stereocenters. The number of nitrogens with zero attached hydrogens (tertiary/aromatic N) is 1. The van der Waals surface area contributed by atoms with Gasteiger partial charge in [-0.25, -0.2) is 0 Å². The maximum absolute atomic E-state index is 12.8. The third-order valence-electron chi connectivity index (χ3n) is 4.18. The summed E-state index contributed by atoms with van der Waals surface area (Å²) in [5.41, 5.74) is 1.35. The van der Waals surface area contributed by atoms with Crippen LogP contribution in [0.15, 0.2) is 54.6 Å². The van der Waals surface area contributed by atoms with E-state index in [2.05, 4.69) is 5.32 Å². The van der Waals surface area contributed by atoms with Crippen molar-refractivity contribution in [2.45, 2.75) is 26.3 Å². The van der Waals surface area contributed by atoms with E-state index in [1.807, 2.05) is 32.0 Å². The Hall–Kier alpha value is -2.95. The lowest BCUT2D eigenvalue weighted by Gasteiger charge is -2.26. The fourth-order valence-electron chi connectivity index (χ4n) is 3.01. The number of amides is 3. The predicted octanol–water partition coefficient (Wildman–Crippen LogP) is 3.34. The van der Waals surface area contributed by atoms with Crippen LogP contribution >= 0.6 is 0 Å². The van der Waals surface area contributed by atoms with Crippen LogP contribution in [0.1, 0.15) is 41.0 Å². The Kier molecular flexibility index (Phi) is 4.65. The van der Waals surface area contributed by atoms with Crippen molar-refractivity contribution in [1.29, 1.82) is 0 Å². The molecule has 0 saturated carbocycles. The van der Waals surface area contributed by atoms with E-state index in [0.717, 1.165) is 4.90 Å². The molecule has 2 aromatic carbocycles. The molecule has 1 aliphatic heterocycles. The molecule has 1 heterocycles. The van der Waals surface area contributed by atoms with Crippen molar-refractivity contribution in [3.63, 3.8) is 0 Å². The first-order valence-corrected chi connectivity index (χ1v) is 8.32. The minimum Gasteiger partial charge on any atom is -0.324 e. The fourth-order valence-corrected chi connectivity index (χ4v) is 3.01. The van der Waals surface area contributed by atoms with E-state index >= 15 is 0 Å². The standard InChI is InChI=1S/C20H20N2O3/c1-13(2)12-17(18(23)21-14-8-4-3-5-9-14)22-19(24)15-10-6-7-11-16(15)20(22)25/h3-11,13,17H,12H2,1-2H3,(H,21,23). The van der Waals surface area contributed by atoms with E-state index in [1.165, 1.54) is 0 Å². The van der Waals surface area contributed by atoms with Crippen LogP contribution in [-0.4, -0.2) is 28.7 Å². The number of hydrogen-bond acceptors (Lipinski definition) is 3. The summed E-state index contributed by atoms with van der Waals surface area (Å²) >= 11 is 0. The van der Waals surface area contributed by atoms with E-state index in [-0.39, 0.29) is 11.8 Å². The van der Waals surface area contributed by atoms with Crippen LogP contribution in [0.3, 0.4) is 0 Å². The van der Waals surface area contributed by atoms with Gasteiger partial charge in [0.1, 0.15) is 6.04 Å². The summed E-state index contributed by atoms with van der Waals surface area (Å²) in [5, 5.41) is 2.81. The van der Waals surface area contributed by atoms with E-state index in [9.17, 15) is 14.4 Å². The molecule has 3 amide bonds. The van der Waals surface area contributed by atoms with Crippen molar-refractivity contribution < 1.29 is 14.4 Å². The van der Waals surface area contributed by atoms with Gasteiger partial charge >= 0.3 is 0 Å². The van der Waals surface area contributed by atoms with Crippen molar-refractivity contribution in [2.75, 3.05) is 5.32 Å². The van der Waals surface area contributed by atoms with E-state index in [4.69, 9.17) is 0 Å². The molecular weight excluding hydrogens is 316 g/mol. The Morgan fingerprint density at radius 1 is 0.920 bits per heavy atom. The highest BCUT2D eigenvalue weighted by molar-refractivity contribution is 6.23. The minimum absolute atomic E-state index is 0.149. The Morgan fingerprint density at radius 3 is 1.96 bits per heavy atom. The van der Waals surface area contributed by atoms with Gasteiger partial charge in [0.2, 0.25) is 5.91 Å². The van der Waals surface area contributed by atoms with Crippen LogP contribution in [0.4, 0.5) is 5.69 Å². The SMILES string of the molecule is CC(C)CC(C(=O)Nc1ccccc1)N1C(=O)c2ccccc2C1=O. The fraction of sp³-hybridized carbons (Fsp3) is 0.250. The highest BCUT2D eigenvalue weighted by Gasteiger charge is 2.42. The topological polar surface area (TPSA) is 66.5 Å².